The summed E-state index contributed by atoms with van der Waals surface area (Å²) in [6.07, 6.45) is 0. The molecule has 0 saturated carbocycles. The van der Waals surface area contributed by atoms with Crippen LogP contribution in [0.15, 0.2) is 59.1 Å². The number of halogens is 3. The molecule has 0 aliphatic rings. The number of hydrogen-bond donors (Lipinski definition) is 1. The van der Waals surface area contributed by atoms with E-state index in [2.05, 4.69) is 15.9 Å². The van der Waals surface area contributed by atoms with Gasteiger partial charge in [-0.1, -0.05) is 52.3 Å². The Labute approximate surface area is 129 Å². The van der Waals surface area contributed by atoms with Gasteiger partial charge < -0.3 is 5.73 Å². The highest BCUT2D eigenvalue weighted by Gasteiger charge is 2.15. The lowest BCUT2D eigenvalue weighted by molar-refractivity contribution is 0.506. The van der Waals surface area contributed by atoms with E-state index in [1.807, 2.05) is 36.4 Å². The molecule has 3 aromatic rings. The van der Waals surface area contributed by atoms with E-state index >= 15 is 0 Å². The molecule has 0 radical (unpaired) electrons. The molecule has 3 aromatic carbocycles. The summed E-state index contributed by atoms with van der Waals surface area (Å²) in [5.74, 6) is -1.75. The summed E-state index contributed by atoms with van der Waals surface area (Å²) in [6, 6.07) is 14.9. The van der Waals surface area contributed by atoms with E-state index in [0.717, 1.165) is 32.9 Å². The highest BCUT2D eigenvalue weighted by molar-refractivity contribution is 9.10. The summed E-state index contributed by atoms with van der Waals surface area (Å²) in [6.45, 7) is 0. The van der Waals surface area contributed by atoms with Gasteiger partial charge in [0.15, 0.2) is 11.6 Å². The van der Waals surface area contributed by atoms with Crippen molar-refractivity contribution in [2.45, 2.75) is 6.04 Å². The highest BCUT2D eigenvalue weighted by Crippen LogP contribution is 2.32. The first kappa shape index (κ1) is 14.2. The quantitative estimate of drug-likeness (QED) is 0.698. The fourth-order valence-corrected chi connectivity index (χ4v) is 2.92. The first-order chi connectivity index (χ1) is 10.1. The summed E-state index contributed by atoms with van der Waals surface area (Å²) < 4.78 is 27.4. The van der Waals surface area contributed by atoms with Crippen molar-refractivity contribution in [1.82, 2.24) is 0 Å². The van der Waals surface area contributed by atoms with Gasteiger partial charge in [0.05, 0.1) is 6.04 Å². The molecule has 0 bridgehead atoms. The van der Waals surface area contributed by atoms with E-state index in [-0.39, 0.29) is 0 Å². The fraction of sp³-hybridized carbons (Fsp3) is 0.0588. The van der Waals surface area contributed by atoms with Crippen molar-refractivity contribution in [1.29, 1.82) is 0 Å². The van der Waals surface area contributed by atoms with Crippen molar-refractivity contribution in [3.63, 3.8) is 0 Å². The summed E-state index contributed by atoms with van der Waals surface area (Å²) in [4.78, 5) is 0. The summed E-state index contributed by atoms with van der Waals surface area (Å²) in [5.41, 5.74) is 7.66. The lowest BCUT2D eigenvalue weighted by Crippen LogP contribution is -2.13. The lowest BCUT2D eigenvalue weighted by Gasteiger charge is -2.16. The number of hydrogen-bond acceptors (Lipinski definition) is 1. The van der Waals surface area contributed by atoms with Gasteiger partial charge in [0.25, 0.3) is 0 Å². The average molecular weight is 348 g/mol. The van der Waals surface area contributed by atoms with Crippen LogP contribution in [0.5, 0.6) is 0 Å². The molecule has 2 N–H and O–H groups in total. The Morgan fingerprint density at radius 3 is 2.29 bits per heavy atom. The van der Waals surface area contributed by atoms with Gasteiger partial charge in [0.1, 0.15) is 0 Å². The van der Waals surface area contributed by atoms with Gasteiger partial charge in [-0.3, -0.25) is 0 Å². The second-order valence-electron chi connectivity index (χ2n) is 4.83. The Kier molecular flexibility index (Phi) is 3.74. The molecule has 21 heavy (non-hydrogen) atoms. The largest absolute Gasteiger partial charge is 0.320 e. The third kappa shape index (κ3) is 2.57. The molecule has 3 rings (SSSR count). The topological polar surface area (TPSA) is 26.0 Å². The van der Waals surface area contributed by atoms with Gasteiger partial charge in [0.2, 0.25) is 0 Å². The van der Waals surface area contributed by atoms with Gasteiger partial charge in [-0.25, -0.2) is 8.78 Å². The molecule has 0 heterocycles. The maximum absolute atomic E-state index is 13.4. The molecular formula is C17H12BrF2N. The third-order valence-electron chi connectivity index (χ3n) is 3.54. The Bertz CT molecular complexity index is 817. The van der Waals surface area contributed by atoms with E-state index in [9.17, 15) is 8.78 Å². The van der Waals surface area contributed by atoms with Crippen LogP contribution in [-0.2, 0) is 0 Å². The lowest BCUT2D eigenvalue weighted by atomic mass is 9.94. The van der Waals surface area contributed by atoms with Crippen LogP contribution in [-0.4, -0.2) is 0 Å². The minimum atomic E-state index is -0.885. The van der Waals surface area contributed by atoms with Crippen LogP contribution >= 0.6 is 15.9 Å². The molecule has 0 aromatic heterocycles. The number of benzene rings is 3. The van der Waals surface area contributed by atoms with Gasteiger partial charge in [0, 0.05) is 4.47 Å². The fourth-order valence-electron chi connectivity index (χ4n) is 2.44. The van der Waals surface area contributed by atoms with Crippen LogP contribution in [0.2, 0.25) is 0 Å². The molecule has 0 fully saturated rings. The number of fused-ring (bicyclic) bond motifs is 1. The molecular weight excluding hydrogens is 336 g/mol. The SMILES string of the molecule is NC(c1ccc(F)c(F)c1)c1ccc(Br)c2ccccc12. The van der Waals surface area contributed by atoms with Gasteiger partial charge in [-0.15, -0.1) is 0 Å². The van der Waals surface area contributed by atoms with Crippen molar-refractivity contribution in [2.24, 2.45) is 5.73 Å². The molecule has 0 saturated heterocycles. The summed E-state index contributed by atoms with van der Waals surface area (Å²) in [7, 11) is 0. The highest BCUT2D eigenvalue weighted by atomic mass is 79.9. The zero-order chi connectivity index (χ0) is 15.0. The van der Waals surface area contributed by atoms with Gasteiger partial charge in [-0.05, 0) is 40.1 Å². The normalized spacial score (nSPS) is 12.6. The van der Waals surface area contributed by atoms with Crippen molar-refractivity contribution in [2.75, 3.05) is 0 Å². The molecule has 4 heteroatoms. The van der Waals surface area contributed by atoms with Crippen LogP contribution < -0.4 is 5.73 Å². The predicted octanol–water partition coefficient (Wildman–Crippen LogP) is 4.93. The molecule has 1 atom stereocenters. The van der Waals surface area contributed by atoms with Crippen molar-refractivity contribution in [3.8, 4) is 0 Å². The standard InChI is InChI=1S/C17H12BrF2N/c18-14-7-6-13(11-3-1-2-4-12(11)14)17(21)10-5-8-15(19)16(20)9-10/h1-9,17H,21H2. The summed E-state index contributed by atoms with van der Waals surface area (Å²) in [5, 5.41) is 2.03. The van der Waals surface area contributed by atoms with Crippen molar-refractivity contribution >= 4 is 26.7 Å². The van der Waals surface area contributed by atoms with Crippen LogP contribution in [0, 0.1) is 11.6 Å². The van der Waals surface area contributed by atoms with Gasteiger partial charge in [-0.2, -0.15) is 0 Å². The Morgan fingerprint density at radius 2 is 1.57 bits per heavy atom. The predicted molar refractivity (Wildman–Crippen MR) is 84.0 cm³/mol. The average Bonchev–Trinajstić information content (AvgIpc) is 2.50. The molecule has 1 nitrogen and oxygen atoms in total. The third-order valence-corrected chi connectivity index (χ3v) is 4.23. The summed E-state index contributed by atoms with van der Waals surface area (Å²) >= 11 is 3.51. The second-order valence-corrected chi connectivity index (χ2v) is 5.69. The second kappa shape index (κ2) is 5.54. The number of rotatable bonds is 2. The molecule has 106 valence electrons. The maximum Gasteiger partial charge on any atom is 0.159 e. The maximum atomic E-state index is 13.4. The van der Waals surface area contributed by atoms with Crippen LogP contribution in [0.3, 0.4) is 0 Å². The minimum Gasteiger partial charge on any atom is -0.320 e. The van der Waals surface area contributed by atoms with E-state index < -0.39 is 17.7 Å². The van der Waals surface area contributed by atoms with Crippen LogP contribution in [0.25, 0.3) is 10.8 Å². The monoisotopic (exact) mass is 347 g/mol. The van der Waals surface area contributed by atoms with E-state index in [1.54, 1.807) is 0 Å². The van der Waals surface area contributed by atoms with E-state index in [4.69, 9.17) is 5.73 Å². The zero-order valence-corrected chi connectivity index (χ0v) is 12.6. The van der Waals surface area contributed by atoms with Crippen LogP contribution in [0.4, 0.5) is 8.78 Å². The molecule has 0 spiro atoms. The number of nitrogens with two attached hydrogens (primary N) is 1. The molecule has 1 unspecified atom stereocenters. The van der Waals surface area contributed by atoms with Crippen LogP contribution in [0.1, 0.15) is 17.2 Å². The smallest absolute Gasteiger partial charge is 0.159 e. The Morgan fingerprint density at radius 1 is 0.857 bits per heavy atom. The first-order valence-electron chi connectivity index (χ1n) is 6.45. The Hall–Kier alpha value is -1.78. The molecule has 0 amide bonds. The zero-order valence-electron chi connectivity index (χ0n) is 11.0. The Balaban J connectivity index is 2.15. The van der Waals surface area contributed by atoms with Crippen molar-refractivity contribution in [3.05, 3.63) is 81.8 Å². The minimum absolute atomic E-state index is 0.516. The van der Waals surface area contributed by atoms with E-state index in [0.29, 0.717) is 5.56 Å². The first-order valence-corrected chi connectivity index (χ1v) is 7.25. The van der Waals surface area contributed by atoms with Gasteiger partial charge >= 0.3 is 0 Å². The molecule has 0 aliphatic heterocycles. The van der Waals surface area contributed by atoms with Crippen molar-refractivity contribution < 1.29 is 8.78 Å². The van der Waals surface area contributed by atoms with E-state index in [1.165, 1.54) is 6.07 Å². The molecule has 0 aliphatic carbocycles.